The molecule has 0 aromatic heterocycles. The molecule has 2 amide bonds. The van der Waals surface area contributed by atoms with Crippen molar-refractivity contribution >= 4 is 35.1 Å². The Morgan fingerprint density at radius 2 is 1.06 bits per heavy atom. The molecule has 0 spiro atoms. The fraction of sp³-hybridized carbons (Fsp3) is 0.333. The van der Waals surface area contributed by atoms with Gasteiger partial charge >= 0.3 is 11.9 Å². The topological polar surface area (TPSA) is 111 Å². The monoisotopic (exact) mass is 438 g/mol. The highest BCUT2D eigenvalue weighted by Gasteiger charge is 2.31. The van der Waals surface area contributed by atoms with Gasteiger partial charge in [-0.2, -0.15) is 0 Å². The van der Waals surface area contributed by atoms with Crippen LogP contribution in [0.5, 0.6) is 0 Å². The Kier molecular flexibility index (Phi) is 7.59. The molecule has 0 aliphatic heterocycles. The first-order valence-electron chi connectivity index (χ1n) is 10.4. The maximum Gasteiger partial charge on any atom is 0.337 e. The van der Waals surface area contributed by atoms with Crippen molar-refractivity contribution in [3.63, 3.8) is 0 Å². The van der Waals surface area contributed by atoms with Gasteiger partial charge in [0.25, 0.3) is 0 Å². The van der Waals surface area contributed by atoms with E-state index >= 15 is 0 Å². The molecule has 1 fully saturated rings. The van der Waals surface area contributed by atoms with Crippen LogP contribution in [0, 0.1) is 11.8 Å². The molecule has 168 valence electrons. The summed E-state index contributed by atoms with van der Waals surface area (Å²) < 4.78 is 9.33. The summed E-state index contributed by atoms with van der Waals surface area (Å²) in [7, 11) is 2.62. The lowest BCUT2D eigenvalue weighted by Gasteiger charge is -2.27. The molecule has 1 aliphatic rings. The van der Waals surface area contributed by atoms with Gasteiger partial charge in [0.2, 0.25) is 11.8 Å². The summed E-state index contributed by atoms with van der Waals surface area (Å²) in [4.78, 5) is 48.5. The first-order valence-corrected chi connectivity index (χ1v) is 10.4. The van der Waals surface area contributed by atoms with Crippen molar-refractivity contribution in [1.29, 1.82) is 0 Å². The van der Waals surface area contributed by atoms with Crippen LogP contribution in [0.15, 0.2) is 48.5 Å². The maximum atomic E-state index is 12.7. The molecule has 2 atom stereocenters. The minimum absolute atomic E-state index is 0.143. The lowest BCUT2D eigenvalue weighted by molar-refractivity contribution is -0.124. The van der Waals surface area contributed by atoms with Gasteiger partial charge in [-0.05, 0) is 67.8 Å². The van der Waals surface area contributed by atoms with Gasteiger partial charge in [0.15, 0.2) is 0 Å². The fourth-order valence-electron chi connectivity index (χ4n) is 3.77. The molecule has 1 saturated carbocycles. The van der Waals surface area contributed by atoms with E-state index in [9.17, 15) is 19.2 Å². The van der Waals surface area contributed by atoms with E-state index in [0.29, 0.717) is 41.8 Å². The molecule has 8 nitrogen and oxygen atoms in total. The van der Waals surface area contributed by atoms with Crippen LogP contribution >= 0.6 is 0 Å². The number of hydrogen-bond acceptors (Lipinski definition) is 6. The Labute approximate surface area is 186 Å². The summed E-state index contributed by atoms with van der Waals surface area (Å²) in [5.41, 5.74) is 1.97. The van der Waals surface area contributed by atoms with E-state index in [1.165, 1.54) is 14.2 Å². The largest absolute Gasteiger partial charge is 0.465 e. The van der Waals surface area contributed by atoms with Gasteiger partial charge < -0.3 is 20.1 Å². The number of anilines is 2. The predicted octanol–water partition coefficient (Wildman–Crippen LogP) is 3.64. The Morgan fingerprint density at radius 3 is 1.41 bits per heavy atom. The third kappa shape index (κ3) is 5.72. The van der Waals surface area contributed by atoms with Crippen LogP contribution in [0.25, 0.3) is 0 Å². The highest BCUT2D eigenvalue weighted by molar-refractivity contribution is 5.96. The zero-order valence-electron chi connectivity index (χ0n) is 18.1. The summed E-state index contributed by atoms with van der Waals surface area (Å²) >= 11 is 0. The summed E-state index contributed by atoms with van der Waals surface area (Å²) in [6.07, 6.45) is 2.66. The number of ether oxygens (including phenoxy) is 2. The highest BCUT2D eigenvalue weighted by Crippen LogP contribution is 2.31. The molecule has 0 unspecified atom stereocenters. The van der Waals surface area contributed by atoms with Crippen LogP contribution in [-0.2, 0) is 19.1 Å². The van der Waals surface area contributed by atoms with Crippen LogP contribution in [0.2, 0.25) is 0 Å². The Hall–Kier alpha value is -3.68. The second-order valence-electron chi connectivity index (χ2n) is 7.68. The number of carbonyl (C=O) groups is 4. The van der Waals surface area contributed by atoms with Gasteiger partial charge in [0.1, 0.15) is 0 Å². The van der Waals surface area contributed by atoms with Crippen molar-refractivity contribution < 1.29 is 28.7 Å². The van der Waals surface area contributed by atoms with E-state index in [2.05, 4.69) is 20.1 Å². The van der Waals surface area contributed by atoms with Crippen LogP contribution < -0.4 is 10.6 Å². The van der Waals surface area contributed by atoms with Crippen LogP contribution in [-0.4, -0.2) is 38.0 Å². The Bertz CT molecular complexity index is 905. The zero-order valence-corrected chi connectivity index (χ0v) is 18.1. The van der Waals surface area contributed by atoms with Gasteiger partial charge in [0, 0.05) is 23.2 Å². The number of carbonyl (C=O) groups excluding carboxylic acids is 4. The number of rotatable bonds is 6. The van der Waals surface area contributed by atoms with E-state index in [4.69, 9.17) is 0 Å². The number of benzene rings is 2. The Morgan fingerprint density at radius 1 is 0.688 bits per heavy atom. The van der Waals surface area contributed by atoms with Crippen LogP contribution in [0.1, 0.15) is 46.4 Å². The van der Waals surface area contributed by atoms with E-state index in [-0.39, 0.29) is 23.7 Å². The SMILES string of the molecule is COC(=O)c1ccc(NC(=O)[C@@H]2CCC[C@H](C(=O)Nc3ccc(C(=O)OC)cc3)C2)cc1. The van der Waals surface area contributed by atoms with E-state index in [1.807, 2.05) is 0 Å². The Balaban J connectivity index is 1.55. The minimum Gasteiger partial charge on any atom is -0.465 e. The molecular formula is C24H26N2O6. The maximum absolute atomic E-state index is 12.7. The number of methoxy groups -OCH3 is 2. The molecule has 0 bridgehead atoms. The lowest BCUT2D eigenvalue weighted by Crippen LogP contribution is -2.33. The predicted molar refractivity (Wildman–Crippen MR) is 118 cm³/mol. The highest BCUT2D eigenvalue weighted by atomic mass is 16.5. The van der Waals surface area contributed by atoms with Crippen molar-refractivity contribution in [3.8, 4) is 0 Å². The van der Waals surface area contributed by atoms with E-state index < -0.39 is 11.9 Å². The molecule has 0 heterocycles. The van der Waals surface area contributed by atoms with E-state index in [0.717, 1.165) is 6.42 Å². The molecule has 0 radical (unpaired) electrons. The molecule has 8 heteroatoms. The van der Waals surface area contributed by atoms with Crippen molar-refractivity contribution in [2.75, 3.05) is 24.9 Å². The molecule has 1 aliphatic carbocycles. The zero-order chi connectivity index (χ0) is 23.1. The van der Waals surface area contributed by atoms with Gasteiger partial charge in [0.05, 0.1) is 25.3 Å². The number of amides is 2. The van der Waals surface area contributed by atoms with Crippen LogP contribution in [0.3, 0.4) is 0 Å². The number of nitrogens with one attached hydrogen (secondary N) is 2. The van der Waals surface area contributed by atoms with Crippen molar-refractivity contribution in [1.82, 2.24) is 0 Å². The molecule has 32 heavy (non-hydrogen) atoms. The molecule has 2 aromatic rings. The van der Waals surface area contributed by atoms with Crippen molar-refractivity contribution in [2.45, 2.75) is 25.7 Å². The van der Waals surface area contributed by atoms with Gasteiger partial charge in [-0.15, -0.1) is 0 Å². The average Bonchev–Trinajstić information content (AvgIpc) is 2.84. The number of esters is 2. The lowest BCUT2D eigenvalue weighted by atomic mass is 9.80. The summed E-state index contributed by atoms with van der Waals surface area (Å²) in [5, 5.41) is 5.72. The summed E-state index contributed by atoms with van der Waals surface area (Å²) in [5.74, 6) is -1.72. The first-order chi connectivity index (χ1) is 15.4. The van der Waals surface area contributed by atoms with Crippen molar-refractivity contribution in [3.05, 3.63) is 59.7 Å². The first kappa shape index (κ1) is 23.0. The van der Waals surface area contributed by atoms with Crippen molar-refractivity contribution in [2.24, 2.45) is 11.8 Å². The smallest absolute Gasteiger partial charge is 0.337 e. The standard InChI is InChI=1S/C24H26N2O6/c1-31-23(29)15-6-10-19(11-7-15)25-21(27)17-4-3-5-18(14-17)22(28)26-20-12-8-16(9-13-20)24(30)32-2/h6-13,17-18H,3-5,14H2,1-2H3,(H,25,27)(H,26,28)/t17-,18+. The third-order valence-electron chi connectivity index (χ3n) is 5.56. The fourth-order valence-corrected chi connectivity index (χ4v) is 3.77. The molecule has 2 N–H and O–H groups in total. The third-order valence-corrected chi connectivity index (χ3v) is 5.56. The molecule has 3 rings (SSSR count). The van der Waals surface area contributed by atoms with E-state index in [1.54, 1.807) is 48.5 Å². The molecule has 0 saturated heterocycles. The minimum atomic E-state index is -0.441. The normalized spacial score (nSPS) is 17.7. The summed E-state index contributed by atoms with van der Waals surface area (Å²) in [6.45, 7) is 0. The van der Waals surface area contributed by atoms with Crippen LogP contribution in [0.4, 0.5) is 11.4 Å². The second-order valence-corrected chi connectivity index (χ2v) is 7.68. The molecule has 2 aromatic carbocycles. The molecular weight excluding hydrogens is 412 g/mol. The summed E-state index contributed by atoms with van der Waals surface area (Å²) in [6, 6.07) is 12.9. The van der Waals surface area contributed by atoms with Gasteiger partial charge in [-0.1, -0.05) is 6.42 Å². The average molecular weight is 438 g/mol. The van der Waals surface area contributed by atoms with Gasteiger partial charge in [-0.25, -0.2) is 9.59 Å². The van der Waals surface area contributed by atoms with Gasteiger partial charge in [-0.3, -0.25) is 9.59 Å². The second kappa shape index (κ2) is 10.6. The number of hydrogen-bond donors (Lipinski definition) is 2. The quantitative estimate of drug-likeness (QED) is 0.666.